The zero-order valence-electron chi connectivity index (χ0n) is 12.4. The van der Waals surface area contributed by atoms with Gasteiger partial charge < -0.3 is 0 Å². The van der Waals surface area contributed by atoms with Crippen molar-refractivity contribution in [3.05, 3.63) is 71.8 Å². The van der Waals surface area contributed by atoms with Crippen molar-refractivity contribution in [2.45, 2.75) is 39.0 Å². The highest BCUT2D eigenvalue weighted by Crippen LogP contribution is 2.24. The van der Waals surface area contributed by atoms with Crippen molar-refractivity contribution < 1.29 is 0 Å². The van der Waals surface area contributed by atoms with Gasteiger partial charge in [-0.2, -0.15) is 0 Å². The molecule has 0 saturated heterocycles. The molecular formula is C20H24. The predicted molar refractivity (Wildman–Crippen MR) is 89.5 cm³/mol. The molecule has 0 nitrogen and oxygen atoms in total. The summed E-state index contributed by atoms with van der Waals surface area (Å²) in [5.41, 5.74) is 4.10. The largest absolute Gasteiger partial charge is 0.0654 e. The lowest BCUT2D eigenvalue weighted by Crippen LogP contribution is -1.86. The van der Waals surface area contributed by atoms with Crippen molar-refractivity contribution in [2.75, 3.05) is 0 Å². The monoisotopic (exact) mass is 264 g/mol. The van der Waals surface area contributed by atoms with E-state index in [9.17, 15) is 0 Å². The maximum Gasteiger partial charge on any atom is -0.0224 e. The summed E-state index contributed by atoms with van der Waals surface area (Å²) in [7, 11) is 0. The first-order valence-electron chi connectivity index (χ1n) is 7.71. The molecule has 0 bridgehead atoms. The molecule has 0 fully saturated rings. The van der Waals surface area contributed by atoms with Gasteiger partial charge in [0.2, 0.25) is 0 Å². The summed E-state index contributed by atoms with van der Waals surface area (Å²) in [4.78, 5) is 0. The topological polar surface area (TPSA) is 0 Å². The molecule has 2 rings (SSSR count). The SMILES string of the molecule is CCCCCC/C(=C\c1ccccc1)c1ccccc1. The molecule has 0 heterocycles. The lowest BCUT2D eigenvalue weighted by Gasteiger charge is -2.08. The molecule has 104 valence electrons. The molecule has 2 aromatic carbocycles. The summed E-state index contributed by atoms with van der Waals surface area (Å²) in [5.74, 6) is 0. The predicted octanol–water partition coefficient (Wildman–Crippen LogP) is 6.20. The first-order valence-corrected chi connectivity index (χ1v) is 7.71. The van der Waals surface area contributed by atoms with Gasteiger partial charge in [0.15, 0.2) is 0 Å². The minimum absolute atomic E-state index is 1.17. The van der Waals surface area contributed by atoms with E-state index in [2.05, 4.69) is 73.7 Å². The number of rotatable bonds is 7. The van der Waals surface area contributed by atoms with Crippen LogP contribution in [0.1, 0.15) is 50.2 Å². The van der Waals surface area contributed by atoms with Crippen LogP contribution in [0.15, 0.2) is 60.7 Å². The van der Waals surface area contributed by atoms with Gasteiger partial charge in [-0.15, -0.1) is 0 Å². The molecule has 0 aliphatic rings. The van der Waals surface area contributed by atoms with E-state index < -0.39 is 0 Å². The van der Waals surface area contributed by atoms with E-state index in [-0.39, 0.29) is 0 Å². The maximum absolute atomic E-state index is 2.33. The molecule has 0 radical (unpaired) electrons. The van der Waals surface area contributed by atoms with Crippen LogP contribution in [0.5, 0.6) is 0 Å². The van der Waals surface area contributed by atoms with Crippen molar-refractivity contribution in [1.82, 2.24) is 0 Å². The average Bonchev–Trinajstić information content (AvgIpc) is 2.52. The summed E-state index contributed by atoms with van der Waals surface area (Å²) in [5, 5.41) is 0. The molecule has 0 spiro atoms. The number of hydrogen-bond donors (Lipinski definition) is 0. The molecule has 0 saturated carbocycles. The summed E-state index contributed by atoms with van der Waals surface area (Å²) in [6.07, 6.45) is 8.74. The van der Waals surface area contributed by atoms with Gasteiger partial charge in [-0.05, 0) is 29.5 Å². The average molecular weight is 264 g/mol. The molecule has 0 aliphatic heterocycles. The Bertz CT molecular complexity index is 508. The number of allylic oxidation sites excluding steroid dienone is 1. The Morgan fingerprint density at radius 3 is 2.10 bits per heavy atom. The molecule has 2 aromatic rings. The van der Waals surface area contributed by atoms with E-state index in [1.165, 1.54) is 48.8 Å². The molecule has 0 N–H and O–H groups in total. The van der Waals surface area contributed by atoms with E-state index in [0.717, 1.165) is 0 Å². The van der Waals surface area contributed by atoms with E-state index in [4.69, 9.17) is 0 Å². The first kappa shape index (κ1) is 14.6. The Morgan fingerprint density at radius 2 is 1.45 bits per heavy atom. The number of benzene rings is 2. The summed E-state index contributed by atoms with van der Waals surface area (Å²) >= 11 is 0. The van der Waals surface area contributed by atoms with Crippen LogP contribution >= 0.6 is 0 Å². The fourth-order valence-corrected chi connectivity index (χ4v) is 2.44. The molecule has 0 unspecified atom stereocenters. The van der Waals surface area contributed by atoms with Crippen LogP contribution in [-0.4, -0.2) is 0 Å². The minimum atomic E-state index is 1.17. The number of hydrogen-bond acceptors (Lipinski definition) is 0. The van der Waals surface area contributed by atoms with Crippen molar-refractivity contribution in [2.24, 2.45) is 0 Å². The first-order chi connectivity index (χ1) is 9.90. The maximum atomic E-state index is 2.33. The van der Waals surface area contributed by atoms with Crippen LogP contribution in [0.25, 0.3) is 11.6 Å². The Morgan fingerprint density at radius 1 is 0.800 bits per heavy atom. The Hall–Kier alpha value is -1.82. The molecule has 0 amide bonds. The van der Waals surface area contributed by atoms with E-state index in [0.29, 0.717) is 0 Å². The smallest absolute Gasteiger partial charge is 0.0224 e. The fourth-order valence-electron chi connectivity index (χ4n) is 2.44. The highest BCUT2D eigenvalue weighted by molar-refractivity contribution is 5.81. The Kier molecular flexibility index (Phi) is 6.10. The van der Waals surface area contributed by atoms with Crippen LogP contribution in [0, 0.1) is 0 Å². The van der Waals surface area contributed by atoms with Crippen LogP contribution in [0.2, 0.25) is 0 Å². The molecule has 0 atom stereocenters. The summed E-state index contributed by atoms with van der Waals surface area (Å²) in [6, 6.07) is 21.4. The fraction of sp³-hybridized carbons (Fsp3) is 0.300. The van der Waals surface area contributed by atoms with Crippen LogP contribution in [0.4, 0.5) is 0 Å². The van der Waals surface area contributed by atoms with Crippen LogP contribution < -0.4 is 0 Å². The van der Waals surface area contributed by atoms with Gasteiger partial charge in [-0.25, -0.2) is 0 Å². The van der Waals surface area contributed by atoms with Crippen molar-refractivity contribution >= 4 is 11.6 Å². The van der Waals surface area contributed by atoms with E-state index >= 15 is 0 Å². The van der Waals surface area contributed by atoms with E-state index in [1.54, 1.807) is 0 Å². The van der Waals surface area contributed by atoms with Crippen molar-refractivity contribution in [3.63, 3.8) is 0 Å². The van der Waals surface area contributed by atoms with Gasteiger partial charge in [0.25, 0.3) is 0 Å². The summed E-state index contributed by atoms with van der Waals surface area (Å²) < 4.78 is 0. The van der Waals surface area contributed by atoms with Crippen molar-refractivity contribution in [1.29, 1.82) is 0 Å². The minimum Gasteiger partial charge on any atom is -0.0654 e. The lowest BCUT2D eigenvalue weighted by atomic mass is 9.97. The molecule has 20 heavy (non-hydrogen) atoms. The van der Waals surface area contributed by atoms with Gasteiger partial charge in [-0.1, -0.05) is 92.9 Å². The second-order valence-electron chi connectivity index (χ2n) is 5.26. The highest BCUT2D eigenvalue weighted by Gasteiger charge is 2.01. The van der Waals surface area contributed by atoms with Crippen LogP contribution in [-0.2, 0) is 0 Å². The van der Waals surface area contributed by atoms with Gasteiger partial charge in [0.05, 0.1) is 0 Å². The van der Waals surface area contributed by atoms with Gasteiger partial charge >= 0.3 is 0 Å². The molecule has 0 heteroatoms. The number of unbranched alkanes of at least 4 members (excludes halogenated alkanes) is 3. The Labute approximate surface area is 123 Å². The third-order valence-corrected chi connectivity index (χ3v) is 3.58. The molecule has 0 aromatic heterocycles. The van der Waals surface area contributed by atoms with Gasteiger partial charge in [0, 0.05) is 0 Å². The third-order valence-electron chi connectivity index (χ3n) is 3.58. The van der Waals surface area contributed by atoms with E-state index in [1.807, 2.05) is 0 Å². The Balaban J connectivity index is 2.14. The standard InChI is InChI=1S/C20H24/c1-2-3-4-9-16-20(19-14-10-6-11-15-19)17-18-12-7-5-8-13-18/h5-8,10-15,17H,2-4,9,16H2,1H3/b20-17+. The second-order valence-corrected chi connectivity index (χ2v) is 5.26. The third kappa shape index (κ3) is 4.70. The highest BCUT2D eigenvalue weighted by atomic mass is 14.1. The summed E-state index contributed by atoms with van der Waals surface area (Å²) in [6.45, 7) is 2.26. The molecule has 0 aliphatic carbocycles. The van der Waals surface area contributed by atoms with Crippen LogP contribution in [0.3, 0.4) is 0 Å². The van der Waals surface area contributed by atoms with Gasteiger partial charge in [-0.3, -0.25) is 0 Å². The van der Waals surface area contributed by atoms with Gasteiger partial charge in [0.1, 0.15) is 0 Å². The van der Waals surface area contributed by atoms with Crippen molar-refractivity contribution in [3.8, 4) is 0 Å². The second kappa shape index (κ2) is 8.37. The normalized spacial score (nSPS) is 11.6. The zero-order valence-corrected chi connectivity index (χ0v) is 12.4. The zero-order chi connectivity index (χ0) is 14.0. The molecular weight excluding hydrogens is 240 g/mol. The quantitative estimate of drug-likeness (QED) is 0.412. The lowest BCUT2D eigenvalue weighted by molar-refractivity contribution is 0.679.